The Labute approximate surface area is 101 Å². The zero-order chi connectivity index (χ0) is 11.7. The van der Waals surface area contributed by atoms with E-state index >= 15 is 0 Å². The fourth-order valence-electron chi connectivity index (χ4n) is 2.75. The maximum Gasteiger partial charge on any atom is 0.153 e. The molecule has 0 radical (unpaired) electrons. The first kappa shape index (κ1) is 11.2. The van der Waals surface area contributed by atoms with Gasteiger partial charge in [-0.2, -0.15) is 5.10 Å². The summed E-state index contributed by atoms with van der Waals surface area (Å²) >= 11 is 0. The molecule has 1 fully saturated rings. The van der Waals surface area contributed by atoms with Gasteiger partial charge < -0.3 is 9.84 Å². The predicted molar refractivity (Wildman–Crippen MR) is 61.8 cm³/mol. The lowest BCUT2D eigenvalue weighted by Crippen LogP contribution is -2.22. The van der Waals surface area contributed by atoms with Crippen molar-refractivity contribution in [3.63, 3.8) is 0 Å². The Morgan fingerprint density at radius 3 is 3.06 bits per heavy atom. The summed E-state index contributed by atoms with van der Waals surface area (Å²) in [5.41, 5.74) is 0. The quantitative estimate of drug-likeness (QED) is 0.847. The minimum Gasteiger partial charge on any atom is -0.394 e. The van der Waals surface area contributed by atoms with Gasteiger partial charge in [-0.1, -0.05) is 0 Å². The van der Waals surface area contributed by atoms with Crippen molar-refractivity contribution in [2.24, 2.45) is 0 Å². The van der Waals surface area contributed by atoms with E-state index in [0.29, 0.717) is 6.10 Å². The number of hydrogen-bond donors (Lipinski definition) is 1. The van der Waals surface area contributed by atoms with Crippen LogP contribution in [0.25, 0.3) is 0 Å². The molecule has 0 spiro atoms. The van der Waals surface area contributed by atoms with Gasteiger partial charge in [-0.15, -0.1) is 0 Å². The van der Waals surface area contributed by atoms with Crippen LogP contribution in [0.2, 0.25) is 0 Å². The molecule has 0 amide bonds. The molecule has 0 aromatic carbocycles. The second-order valence-corrected chi connectivity index (χ2v) is 4.96. The Morgan fingerprint density at radius 1 is 1.35 bits per heavy atom. The van der Waals surface area contributed by atoms with Crippen LogP contribution in [0, 0.1) is 0 Å². The average molecular weight is 237 g/mol. The standard InChI is InChI=1S/C12H19N3O2/c16-8-9-3-1-5-12-13-11(14-15(9)12)7-10-4-2-6-17-10/h9-10,16H,1-8H2. The van der Waals surface area contributed by atoms with E-state index < -0.39 is 0 Å². The molecule has 1 saturated heterocycles. The van der Waals surface area contributed by atoms with Crippen LogP contribution in [0.4, 0.5) is 0 Å². The lowest BCUT2D eigenvalue weighted by molar-refractivity contribution is 0.109. The summed E-state index contributed by atoms with van der Waals surface area (Å²) in [5.74, 6) is 1.91. The summed E-state index contributed by atoms with van der Waals surface area (Å²) in [5, 5.41) is 13.9. The summed E-state index contributed by atoms with van der Waals surface area (Å²) in [6.07, 6.45) is 6.47. The average Bonchev–Trinajstić information content (AvgIpc) is 2.97. The van der Waals surface area contributed by atoms with Crippen LogP contribution in [0.5, 0.6) is 0 Å². The molecule has 94 valence electrons. The Kier molecular flexibility index (Phi) is 3.11. The second-order valence-electron chi connectivity index (χ2n) is 4.96. The van der Waals surface area contributed by atoms with E-state index in [2.05, 4.69) is 10.1 Å². The summed E-state index contributed by atoms with van der Waals surface area (Å²) in [6, 6.07) is 0.129. The molecule has 2 aliphatic rings. The van der Waals surface area contributed by atoms with E-state index in [1.165, 1.54) is 0 Å². The van der Waals surface area contributed by atoms with Crippen molar-refractivity contribution < 1.29 is 9.84 Å². The van der Waals surface area contributed by atoms with Crippen molar-refractivity contribution in [3.05, 3.63) is 11.6 Å². The van der Waals surface area contributed by atoms with E-state index in [1.54, 1.807) is 0 Å². The summed E-state index contributed by atoms with van der Waals surface area (Å²) in [4.78, 5) is 4.57. The van der Waals surface area contributed by atoms with Crippen LogP contribution in [-0.4, -0.2) is 39.2 Å². The molecule has 1 aromatic rings. The Balaban J connectivity index is 1.75. The third-order valence-corrected chi connectivity index (χ3v) is 3.67. The maximum atomic E-state index is 9.32. The van der Waals surface area contributed by atoms with E-state index in [9.17, 15) is 5.11 Å². The first-order valence-corrected chi connectivity index (χ1v) is 6.53. The first-order valence-electron chi connectivity index (χ1n) is 6.53. The third kappa shape index (κ3) is 2.21. The van der Waals surface area contributed by atoms with Gasteiger partial charge in [-0.05, 0) is 25.7 Å². The number of hydrogen-bond acceptors (Lipinski definition) is 4. The molecule has 3 rings (SSSR count). The Bertz CT molecular complexity index is 385. The van der Waals surface area contributed by atoms with Crippen molar-refractivity contribution in [3.8, 4) is 0 Å². The predicted octanol–water partition coefficient (Wildman–Crippen LogP) is 0.869. The molecule has 0 aliphatic carbocycles. The second kappa shape index (κ2) is 4.74. The molecule has 0 bridgehead atoms. The van der Waals surface area contributed by atoms with E-state index in [1.807, 2.05) is 4.68 Å². The van der Waals surface area contributed by atoms with Crippen LogP contribution in [0.3, 0.4) is 0 Å². The van der Waals surface area contributed by atoms with Gasteiger partial charge in [0, 0.05) is 19.4 Å². The van der Waals surface area contributed by atoms with Crippen LogP contribution >= 0.6 is 0 Å². The van der Waals surface area contributed by atoms with Crippen molar-refractivity contribution in [2.75, 3.05) is 13.2 Å². The molecular weight excluding hydrogens is 218 g/mol. The number of nitrogens with zero attached hydrogens (tertiary/aromatic N) is 3. The lowest BCUT2D eigenvalue weighted by atomic mass is 10.1. The van der Waals surface area contributed by atoms with Gasteiger partial charge in [0.05, 0.1) is 18.8 Å². The molecule has 17 heavy (non-hydrogen) atoms. The van der Waals surface area contributed by atoms with Gasteiger partial charge in [0.15, 0.2) is 5.82 Å². The molecule has 1 aromatic heterocycles. The number of aliphatic hydroxyl groups excluding tert-OH is 1. The van der Waals surface area contributed by atoms with Gasteiger partial charge in [-0.3, -0.25) is 0 Å². The number of aromatic nitrogens is 3. The highest BCUT2D eigenvalue weighted by Crippen LogP contribution is 2.23. The van der Waals surface area contributed by atoms with Crippen LogP contribution in [0.1, 0.15) is 43.4 Å². The molecule has 2 unspecified atom stereocenters. The molecule has 1 N–H and O–H groups in total. The van der Waals surface area contributed by atoms with Crippen LogP contribution in [-0.2, 0) is 17.6 Å². The molecule has 2 aliphatic heterocycles. The van der Waals surface area contributed by atoms with Crippen molar-refractivity contribution in [1.29, 1.82) is 0 Å². The van der Waals surface area contributed by atoms with Gasteiger partial charge in [0.1, 0.15) is 5.82 Å². The minimum atomic E-state index is 0.129. The zero-order valence-electron chi connectivity index (χ0n) is 10.0. The van der Waals surface area contributed by atoms with Crippen molar-refractivity contribution in [2.45, 2.75) is 50.7 Å². The van der Waals surface area contributed by atoms with E-state index in [4.69, 9.17) is 4.74 Å². The van der Waals surface area contributed by atoms with E-state index in [-0.39, 0.29) is 12.6 Å². The van der Waals surface area contributed by atoms with Gasteiger partial charge in [0.2, 0.25) is 0 Å². The van der Waals surface area contributed by atoms with Gasteiger partial charge in [0.25, 0.3) is 0 Å². The maximum absolute atomic E-state index is 9.32. The third-order valence-electron chi connectivity index (χ3n) is 3.67. The highest BCUT2D eigenvalue weighted by Gasteiger charge is 2.24. The van der Waals surface area contributed by atoms with Gasteiger partial charge in [-0.25, -0.2) is 9.67 Å². The normalized spacial score (nSPS) is 28.3. The summed E-state index contributed by atoms with van der Waals surface area (Å²) in [6.45, 7) is 1.03. The Hall–Kier alpha value is -0.940. The number of ether oxygens (including phenoxy) is 1. The number of aryl methyl sites for hydroxylation is 1. The topological polar surface area (TPSA) is 60.2 Å². The molecule has 2 atom stereocenters. The molecule has 5 nitrogen and oxygen atoms in total. The van der Waals surface area contributed by atoms with E-state index in [0.717, 1.165) is 56.8 Å². The number of fused-ring (bicyclic) bond motifs is 1. The fourth-order valence-corrected chi connectivity index (χ4v) is 2.75. The lowest BCUT2D eigenvalue weighted by Gasteiger charge is -2.20. The van der Waals surface area contributed by atoms with Crippen LogP contribution < -0.4 is 0 Å². The minimum absolute atomic E-state index is 0.129. The van der Waals surface area contributed by atoms with Gasteiger partial charge >= 0.3 is 0 Å². The summed E-state index contributed by atoms with van der Waals surface area (Å²) < 4.78 is 7.53. The highest BCUT2D eigenvalue weighted by molar-refractivity contribution is 5.00. The largest absolute Gasteiger partial charge is 0.394 e. The molecule has 5 heteroatoms. The zero-order valence-corrected chi connectivity index (χ0v) is 10.0. The van der Waals surface area contributed by atoms with Crippen molar-refractivity contribution in [1.82, 2.24) is 14.8 Å². The number of rotatable bonds is 3. The first-order chi connectivity index (χ1) is 8.36. The Morgan fingerprint density at radius 2 is 2.29 bits per heavy atom. The summed E-state index contributed by atoms with van der Waals surface area (Å²) in [7, 11) is 0. The monoisotopic (exact) mass is 237 g/mol. The SMILES string of the molecule is OCC1CCCc2nc(CC3CCCO3)nn21. The smallest absolute Gasteiger partial charge is 0.153 e. The molecule has 0 saturated carbocycles. The number of aliphatic hydroxyl groups is 1. The fraction of sp³-hybridized carbons (Fsp3) is 0.833. The van der Waals surface area contributed by atoms with Crippen LogP contribution in [0.15, 0.2) is 0 Å². The molecule has 3 heterocycles. The van der Waals surface area contributed by atoms with Crippen molar-refractivity contribution >= 4 is 0 Å². The molecular formula is C12H19N3O2. The highest BCUT2D eigenvalue weighted by atomic mass is 16.5.